The number of guanidine groups is 1. The van der Waals surface area contributed by atoms with E-state index in [0.717, 1.165) is 37.5 Å². The van der Waals surface area contributed by atoms with Gasteiger partial charge < -0.3 is 20.3 Å². The zero-order valence-corrected chi connectivity index (χ0v) is 19.8. The van der Waals surface area contributed by atoms with Crippen LogP contribution >= 0.6 is 0 Å². The van der Waals surface area contributed by atoms with E-state index in [1.807, 2.05) is 69.0 Å². The van der Waals surface area contributed by atoms with E-state index < -0.39 is 11.7 Å². The van der Waals surface area contributed by atoms with Crippen LogP contribution in [0.2, 0.25) is 0 Å². The van der Waals surface area contributed by atoms with Crippen molar-refractivity contribution in [1.29, 1.82) is 0 Å². The third-order valence-corrected chi connectivity index (χ3v) is 5.44. The van der Waals surface area contributed by atoms with Gasteiger partial charge in [0, 0.05) is 39.9 Å². The van der Waals surface area contributed by atoms with E-state index in [0.29, 0.717) is 12.5 Å². The lowest BCUT2D eigenvalue weighted by Crippen LogP contribution is -2.45. The summed E-state index contributed by atoms with van der Waals surface area (Å²) in [5.41, 5.74) is 1.73. The number of aliphatic imine (C=N–C) groups is 1. The number of benzene rings is 1. The highest BCUT2D eigenvalue weighted by Gasteiger charge is 2.26. The Morgan fingerprint density at radius 1 is 1.31 bits per heavy atom. The van der Waals surface area contributed by atoms with Gasteiger partial charge in [0.15, 0.2) is 5.96 Å². The molecule has 2 unspecified atom stereocenters. The molecule has 2 heterocycles. The fourth-order valence-corrected chi connectivity index (χ4v) is 4.02. The second kappa shape index (κ2) is 10.5. The largest absolute Gasteiger partial charge is 0.444 e. The Balaban J connectivity index is 1.59. The first-order valence-corrected chi connectivity index (χ1v) is 11.2. The molecule has 0 spiro atoms. The molecule has 1 fully saturated rings. The second-order valence-electron chi connectivity index (χ2n) is 9.36. The Bertz CT molecular complexity index is 903. The van der Waals surface area contributed by atoms with Crippen LogP contribution < -0.4 is 10.6 Å². The average Bonchev–Trinajstić information content (AvgIpc) is 3.36. The maximum absolute atomic E-state index is 12.4. The highest BCUT2D eigenvalue weighted by Crippen LogP contribution is 2.21. The normalized spacial score (nSPS) is 17.8. The number of nitrogens with one attached hydrogen (secondary N) is 2. The van der Waals surface area contributed by atoms with Crippen LogP contribution in [0, 0.1) is 5.92 Å². The van der Waals surface area contributed by atoms with Crippen molar-refractivity contribution >= 4 is 12.1 Å². The van der Waals surface area contributed by atoms with E-state index >= 15 is 0 Å². The number of rotatable bonds is 6. The SMILES string of the molecule is CN=C(NCC(NC(=O)OC(C)(C)C)c1ccccc1)N1CCC(Cc2cnn(C)c2)C1. The molecule has 174 valence electrons. The topological polar surface area (TPSA) is 83.8 Å². The highest BCUT2D eigenvalue weighted by atomic mass is 16.6. The predicted molar refractivity (Wildman–Crippen MR) is 127 cm³/mol. The maximum atomic E-state index is 12.4. The first kappa shape index (κ1) is 23.6. The molecule has 0 bridgehead atoms. The molecule has 0 radical (unpaired) electrons. The van der Waals surface area contributed by atoms with E-state index in [1.165, 1.54) is 5.56 Å². The monoisotopic (exact) mass is 440 g/mol. The van der Waals surface area contributed by atoms with Gasteiger partial charge >= 0.3 is 6.09 Å². The van der Waals surface area contributed by atoms with Crippen molar-refractivity contribution in [1.82, 2.24) is 25.3 Å². The molecule has 2 atom stereocenters. The number of hydrogen-bond donors (Lipinski definition) is 2. The Hall–Kier alpha value is -3.03. The van der Waals surface area contributed by atoms with E-state index in [-0.39, 0.29) is 6.04 Å². The molecule has 8 nitrogen and oxygen atoms in total. The predicted octanol–water partition coefficient (Wildman–Crippen LogP) is 3.13. The average molecular weight is 441 g/mol. The highest BCUT2D eigenvalue weighted by molar-refractivity contribution is 5.80. The van der Waals surface area contributed by atoms with Crippen LogP contribution in [0.1, 0.15) is 44.4 Å². The van der Waals surface area contributed by atoms with E-state index in [9.17, 15) is 4.79 Å². The first-order valence-electron chi connectivity index (χ1n) is 11.2. The summed E-state index contributed by atoms with van der Waals surface area (Å²) in [6, 6.07) is 9.68. The number of alkyl carbamates (subject to hydrolysis) is 1. The minimum Gasteiger partial charge on any atom is -0.444 e. The molecule has 1 saturated heterocycles. The van der Waals surface area contributed by atoms with Crippen LogP contribution in [0.5, 0.6) is 0 Å². The molecule has 1 aromatic heterocycles. The van der Waals surface area contributed by atoms with E-state index in [4.69, 9.17) is 4.74 Å². The minimum absolute atomic E-state index is 0.239. The van der Waals surface area contributed by atoms with Crippen molar-refractivity contribution < 1.29 is 9.53 Å². The third kappa shape index (κ3) is 7.00. The number of aromatic nitrogens is 2. The number of ether oxygens (including phenoxy) is 1. The third-order valence-electron chi connectivity index (χ3n) is 5.44. The van der Waals surface area contributed by atoms with Gasteiger partial charge in [-0.1, -0.05) is 30.3 Å². The summed E-state index contributed by atoms with van der Waals surface area (Å²) in [4.78, 5) is 19.2. The zero-order chi connectivity index (χ0) is 23.1. The lowest BCUT2D eigenvalue weighted by Gasteiger charge is -2.27. The van der Waals surface area contributed by atoms with Crippen LogP contribution in [0.15, 0.2) is 47.7 Å². The number of nitrogens with zero attached hydrogens (tertiary/aromatic N) is 4. The number of carbonyl (C=O) groups excluding carboxylic acids is 1. The van der Waals surface area contributed by atoms with Gasteiger partial charge in [-0.2, -0.15) is 5.10 Å². The van der Waals surface area contributed by atoms with Crippen molar-refractivity contribution in [2.75, 3.05) is 26.7 Å². The molecule has 1 aliphatic rings. The molecule has 1 aromatic carbocycles. The standard InChI is InChI=1S/C24H36N6O2/c1-24(2,3)32-23(31)28-21(20-9-7-6-8-10-20)15-26-22(25-4)30-12-11-18(17-30)13-19-14-27-29(5)16-19/h6-10,14,16,18,21H,11-13,15,17H2,1-5H3,(H,25,26)(H,28,31). The van der Waals surface area contributed by atoms with Crippen LogP contribution in [0.3, 0.4) is 0 Å². The smallest absolute Gasteiger partial charge is 0.408 e. The van der Waals surface area contributed by atoms with Gasteiger partial charge in [-0.05, 0) is 50.7 Å². The number of amides is 1. The first-order chi connectivity index (χ1) is 15.2. The fourth-order valence-electron chi connectivity index (χ4n) is 4.02. The van der Waals surface area contributed by atoms with Crippen LogP contribution in [0.25, 0.3) is 0 Å². The van der Waals surface area contributed by atoms with Gasteiger partial charge in [0.1, 0.15) is 5.60 Å². The van der Waals surface area contributed by atoms with Gasteiger partial charge in [0.2, 0.25) is 0 Å². The second-order valence-corrected chi connectivity index (χ2v) is 9.36. The Morgan fingerprint density at radius 2 is 2.06 bits per heavy atom. The van der Waals surface area contributed by atoms with Crippen molar-refractivity contribution in [2.24, 2.45) is 18.0 Å². The Kier molecular flexibility index (Phi) is 7.77. The summed E-state index contributed by atoms with van der Waals surface area (Å²) in [6.45, 7) is 8.00. The summed E-state index contributed by atoms with van der Waals surface area (Å²) >= 11 is 0. The minimum atomic E-state index is -0.548. The van der Waals surface area contributed by atoms with Gasteiger partial charge in [0.25, 0.3) is 0 Å². The molecule has 8 heteroatoms. The number of aryl methyl sites for hydroxylation is 1. The zero-order valence-electron chi connectivity index (χ0n) is 19.8. The molecule has 3 rings (SSSR count). The summed E-state index contributed by atoms with van der Waals surface area (Å²) in [5, 5.41) is 10.7. The van der Waals surface area contributed by atoms with Gasteiger partial charge in [0.05, 0.1) is 12.2 Å². The Morgan fingerprint density at radius 3 is 2.69 bits per heavy atom. The lowest BCUT2D eigenvalue weighted by molar-refractivity contribution is 0.0504. The van der Waals surface area contributed by atoms with Gasteiger partial charge in [-0.3, -0.25) is 9.67 Å². The summed E-state index contributed by atoms with van der Waals surface area (Å²) < 4.78 is 7.32. The quantitative estimate of drug-likeness (QED) is 0.533. The number of hydrogen-bond acceptors (Lipinski definition) is 4. The molecule has 0 saturated carbocycles. The van der Waals surface area contributed by atoms with Crippen LogP contribution in [0.4, 0.5) is 4.79 Å². The Labute approximate surface area is 191 Å². The number of likely N-dealkylation sites (tertiary alicyclic amines) is 1. The molecule has 0 aliphatic carbocycles. The lowest BCUT2D eigenvalue weighted by atomic mass is 10.0. The van der Waals surface area contributed by atoms with E-state index in [1.54, 1.807) is 7.05 Å². The molecule has 32 heavy (non-hydrogen) atoms. The van der Waals surface area contributed by atoms with Gasteiger partial charge in [-0.25, -0.2) is 4.79 Å². The van der Waals surface area contributed by atoms with E-state index in [2.05, 4.69) is 31.8 Å². The number of carbonyl (C=O) groups is 1. The van der Waals surface area contributed by atoms with Crippen molar-refractivity contribution in [3.63, 3.8) is 0 Å². The van der Waals surface area contributed by atoms with Crippen LogP contribution in [-0.4, -0.2) is 59.0 Å². The van der Waals surface area contributed by atoms with Gasteiger partial charge in [-0.15, -0.1) is 0 Å². The molecular formula is C24H36N6O2. The van der Waals surface area contributed by atoms with Crippen LogP contribution in [-0.2, 0) is 18.2 Å². The maximum Gasteiger partial charge on any atom is 0.408 e. The summed E-state index contributed by atoms with van der Waals surface area (Å²) in [5.74, 6) is 1.42. The molecule has 1 aliphatic heterocycles. The molecular weight excluding hydrogens is 404 g/mol. The molecule has 1 amide bonds. The summed E-state index contributed by atoms with van der Waals surface area (Å²) in [7, 11) is 3.75. The molecule has 2 aromatic rings. The van der Waals surface area contributed by atoms with Crippen molar-refractivity contribution in [3.05, 3.63) is 53.9 Å². The van der Waals surface area contributed by atoms with Crippen molar-refractivity contribution in [3.8, 4) is 0 Å². The fraction of sp³-hybridized carbons (Fsp3) is 0.542. The molecule has 2 N–H and O–H groups in total. The summed E-state index contributed by atoms with van der Waals surface area (Å²) in [6.07, 6.45) is 5.74. The van der Waals surface area contributed by atoms with Crippen molar-refractivity contribution in [2.45, 2.75) is 45.3 Å².